The van der Waals surface area contributed by atoms with Gasteiger partial charge in [0.2, 0.25) is 17.5 Å². The Hall–Kier alpha value is -4.27. The van der Waals surface area contributed by atoms with E-state index in [0.717, 1.165) is 11.4 Å². The van der Waals surface area contributed by atoms with Crippen LogP contribution in [0, 0.1) is 0 Å². The minimum absolute atomic E-state index is 0.0222. The fraction of sp³-hybridized carbons (Fsp3) is 0.310. The molecule has 0 bridgehead atoms. The molecule has 0 atom stereocenters. The number of carbonyl (C=O) groups is 2. The molecule has 254 valence electrons. The molecule has 4 aromatic rings. The molecule has 6 nitrogen and oxygen atoms in total. The lowest BCUT2D eigenvalue weighted by Gasteiger charge is -2.27. The highest BCUT2D eigenvalue weighted by Crippen LogP contribution is 2.64. The van der Waals surface area contributed by atoms with Crippen LogP contribution in [-0.2, 0) is 20.4 Å². The third kappa shape index (κ3) is 5.66. The van der Waals surface area contributed by atoms with Crippen LogP contribution in [0.3, 0.4) is 0 Å². The van der Waals surface area contributed by atoms with Crippen LogP contribution in [0.5, 0.6) is 0 Å². The summed E-state index contributed by atoms with van der Waals surface area (Å²) < 4.78 is 2.12. The lowest BCUT2D eigenvalue weighted by atomic mass is 9.79. The second-order valence-corrected chi connectivity index (χ2v) is 17.9. The minimum atomic E-state index is -0.261. The van der Waals surface area contributed by atoms with Crippen LogP contribution in [0.1, 0.15) is 51.7 Å². The SMILES string of the molecule is CC1(C)C2=[N+](CCC(=O)NCC3(CNC(=O)CCN4/C(=C/C=C/C=C2)C(C)(C)c2c4ccc4ccccc24)SS3)c2ccc3ccccc3c21. The fourth-order valence-corrected chi connectivity index (χ4v) is 9.92. The first kappa shape index (κ1) is 32.9. The maximum Gasteiger partial charge on any atom is 0.226 e. The number of amides is 2. The number of fused-ring (bicyclic) bond motifs is 9. The largest absolute Gasteiger partial charge is 0.354 e. The monoisotopic (exact) mass is 699 g/mol. The van der Waals surface area contributed by atoms with Crippen molar-refractivity contribution in [2.75, 3.05) is 31.1 Å². The van der Waals surface area contributed by atoms with Gasteiger partial charge in [-0.15, -0.1) is 0 Å². The van der Waals surface area contributed by atoms with Gasteiger partial charge in [0.15, 0.2) is 12.3 Å². The van der Waals surface area contributed by atoms with Crippen LogP contribution in [-0.4, -0.2) is 52.4 Å². The van der Waals surface area contributed by atoms with Crippen molar-refractivity contribution in [3.8, 4) is 0 Å². The highest BCUT2D eigenvalue weighted by atomic mass is 33.2. The molecule has 1 spiro atoms. The molecule has 4 aromatic carbocycles. The Labute approximate surface area is 302 Å². The van der Waals surface area contributed by atoms with E-state index in [-0.39, 0.29) is 26.7 Å². The Bertz CT molecular complexity index is 2190. The number of anilines is 1. The molecule has 4 heterocycles. The van der Waals surface area contributed by atoms with Crippen molar-refractivity contribution < 1.29 is 14.2 Å². The summed E-state index contributed by atoms with van der Waals surface area (Å²) in [5.41, 5.74) is 6.76. The summed E-state index contributed by atoms with van der Waals surface area (Å²) in [7, 11) is 3.45. The number of allylic oxidation sites excluding steroid dienone is 6. The van der Waals surface area contributed by atoms with Gasteiger partial charge >= 0.3 is 0 Å². The molecule has 8 heteroatoms. The van der Waals surface area contributed by atoms with Gasteiger partial charge in [-0.05, 0) is 59.2 Å². The highest BCUT2D eigenvalue weighted by molar-refractivity contribution is 8.93. The van der Waals surface area contributed by atoms with E-state index < -0.39 is 0 Å². The molecule has 0 aromatic heterocycles. The van der Waals surface area contributed by atoms with Crippen molar-refractivity contribution in [1.82, 2.24) is 10.6 Å². The molecular formula is C42H43N4O2S2+. The summed E-state index contributed by atoms with van der Waals surface area (Å²) in [5.74, 6) is 0.0444. The number of nitrogens with zero attached hydrogens (tertiary/aromatic N) is 2. The molecule has 4 aliphatic rings. The van der Waals surface area contributed by atoms with E-state index in [1.54, 1.807) is 21.6 Å². The lowest BCUT2D eigenvalue weighted by Crippen LogP contribution is -2.41. The predicted octanol–water partition coefficient (Wildman–Crippen LogP) is 8.28. The third-order valence-corrected chi connectivity index (χ3v) is 13.9. The average molecular weight is 700 g/mol. The van der Waals surface area contributed by atoms with Crippen molar-refractivity contribution in [1.29, 1.82) is 0 Å². The number of hydrogen-bond acceptors (Lipinski definition) is 5. The fourth-order valence-electron chi connectivity index (χ4n) is 8.22. The zero-order chi connectivity index (χ0) is 34.7. The Morgan fingerprint density at radius 1 is 0.700 bits per heavy atom. The molecule has 0 saturated carbocycles. The van der Waals surface area contributed by atoms with Gasteiger partial charge < -0.3 is 15.5 Å². The first-order valence-corrected chi connectivity index (χ1v) is 19.7. The summed E-state index contributed by atoms with van der Waals surface area (Å²) in [5, 5.41) is 11.3. The minimum Gasteiger partial charge on any atom is -0.354 e. The second-order valence-electron chi connectivity index (χ2n) is 14.7. The summed E-state index contributed by atoms with van der Waals surface area (Å²) in [6.07, 6.45) is 11.5. The molecule has 50 heavy (non-hydrogen) atoms. The van der Waals surface area contributed by atoms with Crippen LogP contribution in [0.2, 0.25) is 0 Å². The van der Waals surface area contributed by atoms with Crippen molar-refractivity contribution in [2.24, 2.45) is 0 Å². The standard InChI is InChI=1S/C42H42N4O2S2/c1-40(2)34-16-6-5-7-17-35-41(3,4)39-31-15-11-9-13-29(31)19-21-33(39)46(35)25-23-37(48)44-27-42(49-50-42)26-43-36(47)22-24-45(34)32-20-18-28-12-8-10-14-30(28)38(32)40/h5-21H,22-27H2,1-4H3,(H-,43,44,47,48)/p+1. The summed E-state index contributed by atoms with van der Waals surface area (Å²) in [4.78, 5) is 28.9. The number of nitrogens with one attached hydrogen (secondary N) is 2. The van der Waals surface area contributed by atoms with Crippen LogP contribution >= 0.6 is 21.6 Å². The van der Waals surface area contributed by atoms with Gasteiger partial charge in [0.25, 0.3) is 0 Å². The van der Waals surface area contributed by atoms with Crippen LogP contribution in [0.4, 0.5) is 11.4 Å². The number of rotatable bonds is 0. The first-order chi connectivity index (χ1) is 24.1. The maximum absolute atomic E-state index is 13.3. The number of benzene rings is 4. The van der Waals surface area contributed by atoms with Gasteiger partial charge in [-0.2, -0.15) is 4.58 Å². The second kappa shape index (κ2) is 12.5. The predicted molar refractivity (Wildman–Crippen MR) is 211 cm³/mol. The van der Waals surface area contributed by atoms with E-state index in [9.17, 15) is 9.59 Å². The average Bonchev–Trinajstić information content (AvgIpc) is 3.80. The molecule has 0 radical (unpaired) electrons. The summed E-state index contributed by atoms with van der Waals surface area (Å²) in [6.45, 7) is 11.4. The Morgan fingerprint density at radius 2 is 1.34 bits per heavy atom. The molecule has 1 saturated heterocycles. The topological polar surface area (TPSA) is 64.5 Å². The zero-order valence-corrected chi connectivity index (χ0v) is 30.7. The molecule has 8 rings (SSSR count). The van der Waals surface area contributed by atoms with Gasteiger partial charge in [-0.25, -0.2) is 0 Å². The van der Waals surface area contributed by atoms with Crippen molar-refractivity contribution >= 4 is 72.0 Å². The van der Waals surface area contributed by atoms with E-state index in [1.807, 2.05) is 0 Å². The van der Waals surface area contributed by atoms with Crippen LogP contribution < -0.4 is 15.5 Å². The van der Waals surface area contributed by atoms with Crippen molar-refractivity contribution in [2.45, 2.75) is 55.4 Å². The Morgan fingerprint density at radius 3 is 2.04 bits per heavy atom. The first-order valence-electron chi connectivity index (χ1n) is 17.5. The molecule has 1 fully saturated rings. The van der Waals surface area contributed by atoms with Crippen molar-refractivity contribution in [3.63, 3.8) is 0 Å². The Balaban J connectivity index is 1.19. The van der Waals surface area contributed by atoms with Crippen LogP contribution in [0.15, 0.2) is 109 Å². The smallest absolute Gasteiger partial charge is 0.226 e. The van der Waals surface area contributed by atoms with Gasteiger partial charge in [0, 0.05) is 60.6 Å². The van der Waals surface area contributed by atoms with Gasteiger partial charge in [0.05, 0.1) is 11.8 Å². The number of hydrogen-bond donors (Lipinski definition) is 2. The maximum atomic E-state index is 13.3. The molecule has 0 aliphatic carbocycles. The van der Waals surface area contributed by atoms with Crippen molar-refractivity contribution in [3.05, 3.63) is 120 Å². The molecule has 0 unspecified atom stereocenters. The number of carbonyl (C=O) groups excluding carboxylic acids is 2. The highest BCUT2D eigenvalue weighted by Gasteiger charge is 2.48. The molecule has 4 aliphatic heterocycles. The van der Waals surface area contributed by atoms with E-state index in [2.05, 4.69) is 151 Å². The Kier molecular flexibility index (Phi) is 8.23. The molecular weight excluding hydrogens is 657 g/mol. The van der Waals surface area contributed by atoms with Gasteiger partial charge in [-0.1, -0.05) is 108 Å². The quantitative estimate of drug-likeness (QED) is 0.110. The van der Waals surface area contributed by atoms with Gasteiger partial charge in [0.1, 0.15) is 4.08 Å². The van der Waals surface area contributed by atoms with E-state index in [0.29, 0.717) is 39.0 Å². The summed E-state index contributed by atoms with van der Waals surface area (Å²) >= 11 is 0. The van der Waals surface area contributed by atoms with E-state index >= 15 is 0 Å². The normalized spacial score (nSPS) is 23.0. The van der Waals surface area contributed by atoms with E-state index in [4.69, 9.17) is 0 Å². The lowest BCUT2D eigenvalue weighted by molar-refractivity contribution is -0.436. The summed E-state index contributed by atoms with van der Waals surface area (Å²) in [6, 6.07) is 26.0. The zero-order valence-electron chi connectivity index (χ0n) is 29.1. The molecule has 2 N–H and O–H groups in total. The molecule has 2 amide bonds. The van der Waals surface area contributed by atoms with Crippen LogP contribution in [0.25, 0.3) is 21.5 Å². The van der Waals surface area contributed by atoms with Gasteiger partial charge in [-0.3, -0.25) is 9.59 Å². The third-order valence-electron chi connectivity index (χ3n) is 10.8. The van der Waals surface area contributed by atoms with E-state index in [1.165, 1.54) is 44.1 Å².